The van der Waals surface area contributed by atoms with E-state index < -0.39 is 0 Å². The molecule has 1 amide bonds. The highest BCUT2D eigenvalue weighted by atomic mass is 19.1. The Morgan fingerprint density at radius 3 is 2.59 bits per heavy atom. The van der Waals surface area contributed by atoms with Gasteiger partial charge in [0.1, 0.15) is 18.2 Å². The molecule has 0 heterocycles. The van der Waals surface area contributed by atoms with Crippen LogP contribution >= 0.6 is 0 Å². The number of carbonyl (C=O) groups excluding carboxylic acids is 1. The molecular formula is C24H23FN2O2. The van der Waals surface area contributed by atoms with Crippen molar-refractivity contribution in [2.24, 2.45) is 5.10 Å². The predicted octanol–water partition coefficient (Wildman–Crippen LogP) is 4.71. The summed E-state index contributed by atoms with van der Waals surface area (Å²) in [7, 11) is 0. The van der Waals surface area contributed by atoms with Crippen molar-refractivity contribution in [3.8, 4) is 5.75 Å². The van der Waals surface area contributed by atoms with Gasteiger partial charge in [-0.1, -0.05) is 48.0 Å². The molecule has 1 N–H and O–H groups in total. The molecule has 0 unspecified atom stereocenters. The van der Waals surface area contributed by atoms with E-state index >= 15 is 0 Å². The Kier molecular flexibility index (Phi) is 6.74. The largest absolute Gasteiger partial charge is 0.488 e. The maximum absolute atomic E-state index is 13.0. The molecule has 0 atom stereocenters. The lowest BCUT2D eigenvalue weighted by Gasteiger charge is -2.09. The lowest BCUT2D eigenvalue weighted by molar-refractivity contribution is -0.120. The smallest absolute Gasteiger partial charge is 0.244 e. The van der Waals surface area contributed by atoms with Crippen LogP contribution < -0.4 is 10.2 Å². The first-order valence-electron chi connectivity index (χ1n) is 9.35. The van der Waals surface area contributed by atoms with Crippen molar-refractivity contribution < 1.29 is 13.9 Å². The molecule has 0 bridgehead atoms. The number of ether oxygens (including phenoxy) is 1. The summed E-state index contributed by atoms with van der Waals surface area (Å²) in [6.45, 7) is 4.33. The summed E-state index contributed by atoms with van der Waals surface area (Å²) >= 11 is 0. The van der Waals surface area contributed by atoms with Gasteiger partial charge in [-0.25, -0.2) is 9.82 Å². The fourth-order valence-electron chi connectivity index (χ4n) is 2.89. The summed E-state index contributed by atoms with van der Waals surface area (Å²) in [4.78, 5) is 12.2. The minimum absolute atomic E-state index is 0.182. The van der Waals surface area contributed by atoms with Gasteiger partial charge in [0.15, 0.2) is 0 Å². The number of carbonyl (C=O) groups is 1. The number of hydrogen-bond acceptors (Lipinski definition) is 3. The molecule has 0 aliphatic rings. The van der Waals surface area contributed by atoms with E-state index in [1.54, 1.807) is 18.3 Å². The van der Waals surface area contributed by atoms with Crippen LogP contribution in [0.2, 0.25) is 0 Å². The number of halogens is 1. The Labute approximate surface area is 170 Å². The van der Waals surface area contributed by atoms with Crippen LogP contribution in [0, 0.1) is 19.7 Å². The van der Waals surface area contributed by atoms with Crippen LogP contribution in [0.4, 0.5) is 4.39 Å². The van der Waals surface area contributed by atoms with Crippen molar-refractivity contribution in [2.45, 2.75) is 26.9 Å². The second-order valence-electron chi connectivity index (χ2n) is 6.85. The van der Waals surface area contributed by atoms with Gasteiger partial charge in [0.25, 0.3) is 0 Å². The minimum atomic E-state index is -0.280. The maximum Gasteiger partial charge on any atom is 0.244 e. The molecule has 0 saturated carbocycles. The Bertz CT molecular complexity index is 1010. The SMILES string of the molecule is Cc1ccc(CC(=O)N/N=C/c2ccccc2OCc2ccc(F)cc2)c(C)c1. The van der Waals surface area contributed by atoms with Crippen molar-refractivity contribution in [3.63, 3.8) is 0 Å². The van der Waals surface area contributed by atoms with Crippen molar-refractivity contribution in [1.29, 1.82) is 0 Å². The zero-order valence-electron chi connectivity index (χ0n) is 16.5. The van der Waals surface area contributed by atoms with E-state index in [1.807, 2.05) is 50.2 Å². The topological polar surface area (TPSA) is 50.7 Å². The first-order valence-corrected chi connectivity index (χ1v) is 9.35. The molecule has 0 aliphatic carbocycles. The van der Waals surface area contributed by atoms with Gasteiger partial charge in [-0.15, -0.1) is 0 Å². The van der Waals surface area contributed by atoms with E-state index in [1.165, 1.54) is 17.7 Å². The van der Waals surface area contributed by atoms with Crippen LogP contribution in [-0.4, -0.2) is 12.1 Å². The van der Waals surface area contributed by atoms with Gasteiger partial charge in [0.2, 0.25) is 5.91 Å². The Morgan fingerprint density at radius 1 is 1.07 bits per heavy atom. The number of rotatable bonds is 7. The fourth-order valence-corrected chi connectivity index (χ4v) is 2.89. The van der Waals surface area contributed by atoms with E-state index in [-0.39, 0.29) is 18.1 Å². The van der Waals surface area contributed by atoms with Crippen LogP contribution in [0.3, 0.4) is 0 Å². The molecule has 0 spiro atoms. The zero-order valence-corrected chi connectivity index (χ0v) is 16.5. The van der Waals surface area contributed by atoms with Gasteiger partial charge < -0.3 is 4.74 Å². The van der Waals surface area contributed by atoms with E-state index in [0.29, 0.717) is 12.4 Å². The summed E-state index contributed by atoms with van der Waals surface area (Å²) in [6, 6.07) is 19.6. The summed E-state index contributed by atoms with van der Waals surface area (Å²) in [5.41, 5.74) is 7.39. The van der Waals surface area contributed by atoms with Gasteiger partial charge in [0, 0.05) is 5.56 Å². The normalized spacial score (nSPS) is 10.9. The molecule has 3 aromatic carbocycles. The first kappa shape index (κ1) is 20.3. The van der Waals surface area contributed by atoms with Crippen molar-refractivity contribution in [1.82, 2.24) is 5.43 Å². The maximum atomic E-state index is 13.0. The minimum Gasteiger partial charge on any atom is -0.488 e. The van der Waals surface area contributed by atoms with Crippen molar-refractivity contribution >= 4 is 12.1 Å². The fraction of sp³-hybridized carbons (Fsp3) is 0.167. The second-order valence-corrected chi connectivity index (χ2v) is 6.85. The van der Waals surface area contributed by atoms with Gasteiger partial charge in [0.05, 0.1) is 12.6 Å². The summed E-state index contributed by atoms with van der Waals surface area (Å²) in [5, 5.41) is 4.06. The van der Waals surface area contributed by atoms with Gasteiger partial charge in [-0.3, -0.25) is 4.79 Å². The highest BCUT2D eigenvalue weighted by molar-refractivity contribution is 5.85. The first-order chi connectivity index (χ1) is 14.0. The molecule has 5 heteroatoms. The second kappa shape index (κ2) is 9.64. The molecular weight excluding hydrogens is 367 g/mol. The van der Waals surface area contributed by atoms with Gasteiger partial charge in [-0.2, -0.15) is 5.10 Å². The number of amides is 1. The Balaban J connectivity index is 1.58. The highest BCUT2D eigenvalue weighted by Gasteiger charge is 2.06. The lowest BCUT2D eigenvalue weighted by atomic mass is 10.0. The number of nitrogens with one attached hydrogen (secondary N) is 1. The van der Waals surface area contributed by atoms with Crippen molar-refractivity contribution in [3.05, 3.63) is 100 Å². The third kappa shape index (κ3) is 6.01. The number of para-hydroxylation sites is 1. The number of benzene rings is 3. The zero-order chi connectivity index (χ0) is 20.6. The van der Waals surface area contributed by atoms with Crippen LogP contribution in [0.25, 0.3) is 0 Å². The molecule has 0 fully saturated rings. The third-order valence-corrected chi connectivity index (χ3v) is 4.47. The van der Waals surface area contributed by atoms with Crippen molar-refractivity contribution in [2.75, 3.05) is 0 Å². The lowest BCUT2D eigenvalue weighted by Crippen LogP contribution is -2.20. The number of nitrogens with zero attached hydrogens (tertiary/aromatic N) is 1. The molecule has 4 nitrogen and oxygen atoms in total. The molecule has 0 aliphatic heterocycles. The number of hydrazone groups is 1. The molecule has 0 saturated heterocycles. The number of aryl methyl sites for hydroxylation is 2. The van der Waals surface area contributed by atoms with Crippen LogP contribution in [0.15, 0.2) is 71.8 Å². The monoisotopic (exact) mass is 390 g/mol. The third-order valence-electron chi connectivity index (χ3n) is 4.47. The molecule has 3 aromatic rings. The van der Waals surface area contributed by atoms with E-state index in [4.69, 9.17) is 4.74 Å². The average molecular weight is 390 g/mol. The summed E-state index contributed by atoms with van der Waals surface area (Å²) in [5.74, 6) is 0.167. The summed E-state index contributed by atoms with van der Waals surface area (Å²) < 4.78 is 18.8. The highest BCUT2D eigenvalue weighted by Crippen LogP contribution is 2.18. The molecule has 148 valence electrons. The average Bonchev–Trinajstić information content (AvgIpc) is 2.70. The van der Waals surface area contributed by atoms with E-state index in [0.717, 1.165) is 22.3 Å². The molecule has 3 rings (SSSR count). The van der Waals surface area contributed by atoms with E-state index in [2.05, 4.69) is 16.6 Å². The van der Waals surface area contributed by atoms with Crippen LogP contribution in [-0.2, 0) is 17.8 Å². The number of hydrogen-bond donors (Lipinski definition) is 1. The predicted molar refractivity (Wildman–Crippen MR) is 113 cm³/mol. The standard InChI is InChI=1S/C24H23FN2O2/c1-17-7-10-20(18(2)13-17)14-24(28)27-26-15-21-5-3-4-6-23(21)29-16-19-8-11-22(25)12-9-19/h3-13,15H,14,16H2,1-2H3,(H,27,28)/b26-15+. The quantitative estimate of drug-likeness (QED) is 0.469. The van der Waals surface area contributed by atoms with E-state index in [9.17, 15) is 9.18 Å². The Morgan fingerprint density at radius 2 is 1.83 bits per heavy atom. The Hall–Kier alpha value is -3.47. The van der Waals surface area contributed by atoms with Gasteiger partial charge >= 0.3 is 0 Å². The summed E-state index contributed by atoms with van der Waals surface area (Å²) in [6.07, 6.45) is 1.83. The molecule has 0 aromatic heterocycles. The van der Waals surface area contributed by atoms with Crippen LogP contribution in [0.1, 0.15) is 27.8 Å². The molecule has 29 heavy (non-hydrogen) atoms. The van der Waals surface area contributed by atoms with Crippen LogP contribution in [0.5, 0.6) is 5.75 Å². The molecule has 0 radical (unpaired) electrons. The van der Waals surface area contributed by atoms with Gasteiger partial charge in [-0.05, 0) is 54.8 Å².